The van der Waals surface area contributed by atoms with Crippen LogP contribution in [0, 0.1) is 0 Å². The zero-order valence-corrected chi connectivity index (χ0v) is 8.84. The maximum atomic E-state index is 10.7. The number of methoxy groups -OCH3 is 1. The molecule has 1 aromatic rings. The molecule has 1 atom stereocenters. The van der Waals surface area contributed by atoms with Crippen LogP contribution in [0.4, 0.5) is 0 Å². The van der Waals surface area contributed by atoms with Gasteiger partial charge in [0.1, 0.15) is 12.4 Å². The van der Waals surface area contributed by atoms with E-state index < -0.39 is 5.97 Å². The third-order valence-electron chi connectivity index (χ3n) is 1.70. The summed E-state index contributed by atoms with van der Waals surface area (Å²) in [5, 5.41) is 10.5. The highest BCUT2D eigenvalue weighted by atomic mass is 32.1. The molecular weight excluding hydrogens is 204 g/mol. The Bertz CT molecular complexity index is 308. The Balaban J connectivity index is 2.58. The van der Waals surface area contributed by atoms with Crippen molar-refractivity contribution in [2.24, 2.45) is 0 Å². The number of ether oxygens (including phenoxy) is 2. The molecule has 14 heavy (non-hydrogen) atoms. The van der Waals surface area contributed by atoms with Gasteiger partial charge in [-0.05, 0) is 18.4 Å². The van der Waals surface area contributed by atoms with Gasteiger partial charge in [0.25, 0.3) is 0 Å². The summed E-state index contributed by atoms with van der Waals surface area (Å²) in [6.07, 6.45) is -0.0449. The molecule has 0 aliphatic rings. The summed E-state index contributed by atoms with van der Waals surface area (Å²) in [6, 6.07) is 1.65. The molecule has 1 unspecified atom stereocenters. The fourth-order valence-electron chi connectivity index (χ4n) is 0.842. The molecule has 1 heterocycles. The van der Waals surface area contributed by atoms with Crippen LogP contribution in [0.1, 0.15) is 16.6 Å². The molecule has 0 aliphatic heterocycles. The van der Waals surface area contributed by atoms with Crippen LogP contribution >= 0.6 is 11.3 Å². The van der Waals surface area contributed by atoms with E-state index in [-0.39, 0.29) is 11.0 Å². The highest BCUT2D eigenvalue weighted by molar-refractivity contribution is 7.12. The third-order valence-corrected chi connectivity index (χ3v) is 2.58. The lowest BCUT2D eigenvalue weighted by Crippen LogP contribution is -2.16. The predicted molar refractivity (Wildman–Crippen MR) is 53.2 cm³/mol. The Morgan fingerprint density at radius 3 is 3.00 bits per heavy atom. The summed E-state index contributed by atoms with van der Waals surface area (Å²) in [6.45, 7) is 2.21. The van der Waals surface area contributed by atoms with Crippen LogP contribution in [0.2, 0.25) is 0 Å². The average molecular weight is 216 g/mol. The van der Waals surface area contributed by atoms with Gasteiger partial charge >= 0.3 is 5.97 Å². The first kappa shape index (κ1) is 11.0. The molecule has 78 valence electrons. The second kappa shape index (κ2) is 4.97. The summed E-state index contributed by atoms with van der Waals surface area (Å²) in [5.74, 6) is -0.550. The molecule has 0 saturated heterocycles. The van der Waals surface area contributed by atoms with Crippen LogP contribution in [0.25, 0.3) is 0 Å². The van der Waals surface area contributed by atoms with E-state index in [0.717, 1.165) is 11.3 Å². The number of rotatable bonds is 5. The van der Waals surface area contributed by atoms with Gasteiger partial charge in [-0.3, -0.25) is 0 Å². The van der Waals surface area contributed by atoms with E-state index in [2.05, 4.69) is 0 Å². The number of carboxylic acid groups (broad SMARTS) is 1. The lowest BCUT2D eigenvalue weighted by molar-refractivity contribution is 0.0653. The molecule has 0 spiro atoms. The minimum atomic E-state index is -0.958. The standard InChI is InChI=1S/C9H12O4S/c1-6(12-2)5-13-7-3-4-14-8(7)9(10)11/h3-4,6H,5H2,1-2H3,(H,10,11). The first-order valence-electron chi connectivity index (χ1n) is 4.11. The van der Waals surface area contributed by atoms with Crippen molar-refractivity contribution in [2.75, 3.05) is 13.7 Å². The lowest BCUT2D eigenvalue weighted by Gasteiger charge is -2.10. The van der Waals surface area contributed by atoms with Gasteiger partial charge in [-0.25, -0.2) is 4.79 Å². The van der Waals surface area contributed by atoms with Crippen LogP contribution in [-0.2, 0) is 4.74 Å². The van der Waals surface area contributed by atoms with Crippen molar-refractivity contribution in [3.63, 3.8) is 0 Å². The maximum absolute atomic E-state index is 10.7. The second-order valence-corrected chi connectivity index (χ2v) is 3.69. The number of thiophene rings is 1. The minimum absolute atomic E-state index is 0.0449. The Labute approximate surface area is 86.1 Å². The van der Waals surface area contributed by atoms with E-state index >= 15 is 0 Å². The molecule has 0 saturated carbocycles. The van der Waals surface area contributed by atoms with E-state index in [4.69, 9.17) is 14.6 Å². The van der Waals surface area contributed by atoms with E-state index in [9.17, 15) is 4.79 Å². The molecule has 5 heteroatoms. The van der Waals surface area contributed by atoms with E-state index in [1.807, 2.05) is 6.92 Å². The van der Waals surface area contributed by atoms with E-state index in [1.165, 1.54) is 0 Å². The highest BCUT2D eigenvalue weighted by Gasteiger charge is 2.13. The van der Waals surface area contributed by atoms with Crippen LogP contribution in [0.5, 0.6) is 5.75 Å². The van der Waals surface area contributed by atoms with Crippen LogP contribution < -0.4 is 4.74 Å². The third kappa shape index (κ3) is 2.71. The number of carbonyl (C=O) groups is 1. The molecule has 4 nitrogen and oxygen atoms in total. The van der Waals surface area contributed by atoms with Crippen molar-refractivity contribution in [1.29, 1.82) is 0 Å². The number of aromatic carboxylic acids is 1. The molecule has 0 aliphatic carbocycles. The minimum Gasteiger partial charge on any atom is -0.489 e. The fraction of sp³-hybridized carbons (Fsp3) is 0.444. The summed E-state index contributed by atoms with van der Waals surface area (Å²) in [4.78, 5) is 10.9. The van der Waals surface area contributed by atoms with Gasteiger partial charge in [0.2, 0.25) is 0 Å². The highest BCUT2D eigenvalue weighted by Crippen LogP contribution is 2.24. The normalized spacial score (nSPS) is 12.4. The Kier molecular flexibility index (Phi) is 3.91. The molecule has 1 aromatic heterocycles. The molecular formula is C9H12O4S. The van der Waals surface area contributed by atoms with Gasteiger partial charge < -0.3 is 14.6 Å². The summed E-state index contributed by atoms with van der Waals surface area (Å²) < 4.78 is 10.3. The molecule has 0 radical (unpaired) electrons. The molecule has 1 N–H and O–H groups in total. The molecule has 1 rings (SSSR count). The number of carboxylic acids is 1. The second-order valence-electron chi connectivity index (χ2n) is 2.78. The Morgan fingerprint density at radius 1 is 1.71 bits per heavy atom. The van der Waals surface area contributed by atoms with E-state index in [1.54, 1.807) is 18.6 Å². The summed E-state index contributed by atoms with van der Waals surface area (Å²) >= 11 is 1.15. The molecule has 0 amide bonds. The van der Waals surface area contributed by atoms with Gasteiger partial charge in [-0.2, -0.15) is 0 Å². The Hall–Kier alpha value is -1.07. The largest absolute Gasteiger partial charge is 0.489 e. The van der Waals surface area contributed by atoms with Gasteiger partial charge in [0.15, 0.2) is 4.88 Å². The van der Waals surface area contributed by atoms with Gasteiger partial charge in [0, 0.05) is 7.11 Å². The SMILES string of the molecule is COC(C)COc1ccsc1C(=O)O. The summed E-state index contributed by atoms with van der Waals surface area (Å²) in [7, 11) is 1.58. The van der Waals surface area contributed by atoms with Crippen molar-refractivity contribution in [3.8, 4) is 5.75 Å². The monoisotopic (exact) mass is 216 g/mol. The average Bonchev–Trinajstić information content (AvgIpc) is 2.62. The Morgan fingerprint density at radius 2 is 2.43 bits per heavy atom. The molecule has 0 aromatic carbocycles. The topological polar surface area (TPSA) is 55.8 Å². The van der Waals surface area contributed by atoms with Crippen molar-refractivity contribution in [2.45, 2.75) is 13.0 Å². The smallest absolute Gasteiger partial charge is 0.349 e. The van der Waals surface area contributed by atoms with Crippen LogP contribution in [-0.4, -0.2) is 30.9 Å². The lowest BCUT2D eigenvalue weighted by atomic mass is 10.4. The van der Waals surface area contributed by atoms with Crippen molar-refractivity contribution in [1.82, 2.24) is 0 Å². The van der Waals surface area contributed by atoms with Gasteiger partial charge in [-0.15, -0.1) is 11.3 Å². The first-order chi connectivity index (χ1) is 6.65. The van der Waals surface area contributed by atoms with Crippen molar-refractivity contribution < 1.29 is 19.4 Å². The zero-order valence-electron chi connectivity index (χ0n) is 8.02. The van der Waals surface area contributed by atoms with Crippen LogP contribution in [0.15, 0.2) is 11.4 Å². The molecule has 0 fully saturated rings. The van der Waals surface area contributed by atoms with Crippen molar-refractivity contribution in [3.05, 3.63) is 16.3 Å². The van der Waals surface area contributed by atoms with Crippen LogP contribution in [0.3, 0.4) is 0 Å². The number of hydrogen-bond donors (Lipinski definition) is 1. The zero-order chi connectivity index (χ0) is 10.6. The maximum Gasteiger partial charge on any atom is 0.349 e. The molecule has 0 bridgehead atoms. The van der Waals surface area contributed by atoms with Crippen molar-refractivity contribution >= 4 is 17.3 Å². The quantitative estimate of drug-likeness (QED) is 0.816. The predicted octanol–water partition coefficient (Wildman–Crippen LogP) is 1.86. The fourth-order valence-corrected chi connectivity index (χ4v) is 1.51. The first-order valence-corrected chi connectivity index (χ1v) is 4.99. The summed E-state index contributed by atoms with van der Waals surface area (Å²) in [5.41, 5.74) is 0. The van der Waals surface area contributed by atoms with E-state index in [0.29, 0.717) is 12.4 Å². The van der Waals surface area contributed by atoms with Gasteiger partial charge in [-0.1, -0.05) is 0 Å². The number of hydrogen-bond acceptors (Lipinski definition) is 4. The van der Waals surface area contributed by atoms with Gasteiger partial charge in [0.05, 0.1) is 6.10 Å².